The van der Waals surface area contributed by atoms with Crippen molar-refractivity contribution in [1.82, 2.24) is 29.5 Å². The minimum absolute atomic E-state index is 0.104. The Morgan fingerprint density at radius 1 is 1.18 bits per heavy atom. The second-order valence-corrected chi connectivity index (χ2v) is 9.14. The average Bonchev–Trinajstić information content (AvgIpc) is 3.59. The Morgan fingerprint density at radius 3 is 2.64 bits per heavy atom. The van der Waals surface area contributed by atoms with E-state index in [-0.39, 0.29) is 23.8 Å². The molecule has 0 spiro atoms. The number of carbonyl (C=O) groups is 1. The molecule has 1 aliphatic carbocycles. The number of aromatic nitrogens is 6. The van der Waals surface area contributed by atoms with Crippen molar-refractivity contribution in [3.63, 3.8) is 0 Å². The number of methoxy groups -OCH3 is 2. The molecule has 1 saturated carbocycles. The van der Waals surface area contributed by atoms with Crippen LogP contribution in [0.1, 0.15) is 49.1 Å². The summed E-state index contributed by atoms with van der Waals surface area (Å²) < 4.78 is 29.0. The van der Waals surface area contributed by atoms with Gasteiger partial charge >= 0.3 is 0 Å². The van der Waals surface area contributed by atoms with E-state index in [0.717, 1.165) is 30.5 Å². The molecule has 4 aromatic rings. The summed E-state index contributed by atoms with van der Waals surface area (Å²) in [5.41, 5.74) is 3.01. The van der Waals surface area contributed by atoms with Crippen molar-refractivity contribution >= 4 is 12.2 Å². The maximum Gasteiger partial charge on any atom is 0.226 e. The average molecular weight is 531 g/mol. The number of nitrogens with zero attached hydrogens (tertiary/aromatic N) is 8. The molecule has 5 rings (SSSR count). The molecule has 0 atom stereocenters. The Labute approximate surface area is 224 Å². The normalized spacial score (nSPS) is 12.7. The zero-order valence-corrected chi connectivity index (χ0v) is 21.8. The van der Waals surface area contributed by atoms with Crippen LogP contribution in [-0.2, 0) is 17.9 Å². The van der Waals surface area contributed by atoms with Crippen LogP contribution in [0.3, 0.4) is 0 Å². The Hall–Kier alpha value is -4.79. The van der Waals surface area contributed by atoms with Gasteiger partial charge in [0.1, 0.15) is 35.4 Å². The number of amides is 1. The number of hydrogen-bond donors (Lipinski definition) is 0. The number of aryl methyl sites for hydroxylation is 1. The zero-order chi connectivity index (χ0) is 27.5. The molecule has 0 radical (unpaired) electrons. The van der Waals surface area contributed by atoms with E-state index in [2.05, 4.69) is 15.1 Å². The number of benzene rings is 1. The van der Waals surface area contributed by atoms with E-state index in [1.165, 1.54) is 41.2 Å². The first kappa shape index (κ1) is 25.8. The first-order valence-electron chi connectivity index (χ1n) is 12.5. The quantitative estimate of drug-likeness (QED) is 0.267. The minimum atomic E-state index is -0.577. The van der Waals surface area contributed by atoms with Crippen LogP contribution in [0.25, 0.3) is 16.9 Å². The first-order valence-corrected chi connectivity index (χ1v) is 12.5. The second-order valence-electron chi connectivity index (χ2n) is 9.14. The smallest absolute Gasteiger partial charge is 0.226 e. The van der Waals surface area contributed by atoms with E-state index in [0.29, 0.717) is 41.8 Å². The molecule has 0 unspecified atom stereocenters. The molecule has 0 bridgehead atoms. The number of hydrogen-bond acceptors (Lipinski definition) is 8. The third-order valence-corrected chi connectivity index (χ3v) is 6.46. The number of rotatable bonds is 11. The summed E-state index contributed by atoms with van der Waals surface area (Å²) in [6, 6.07) is 9.73. The lowest BCUT2D eigenvalue weighted by molar-refractivity contribution is -0.107. The van der Waals surface area contributed by atoms with Crippen LogP contribution in [0.15, 0.2) is 36.7 Å². The summed E-state index contributed by atoms with van der Waals surface area (Å²) >= 11 is 0. The van der Waals surface area contributed by atoms with Crippen molar-refractivity contribution in [2.24, 2.45) is 0 Å². The van der Waals surface area contributed by atoms with Gasteiger partial charge in [0.15, 0.2) is 5.69 Å². The highest BCUT2D eigenvalue weighted by Gasteiger charge is 2.32. The summed E-state index contributed by atoms with van der Waals surface area (Å²) in [5, 5.41) is 18.0. The molecule has 1 aromatic carbocycles. The van der Waals surface area contributed by atoms with Crippen molar-refractivity contribution in [3.05, 3.63) is 59.4 Å². The van der Waals surface area contributed by atoms with Gasteiger partial charge < -0.3 is 9.47 Å². The van der Waals surface area contributed by atoms with Crippen LogP contribution < -0.4 is 14.4 Å². The number of ether oxygens (including phenoxy) is 2. The van der Waals surface area contributed by atoms with Crippen LogP contribution in [0.5, 0.6) is 11.8 Å². The van der Waals surface area contributed by atoms with Gasteiger partial charge in [-0.2, -0.15) is 20.1 Å². The topological polar surface area (TPSA) is 124 Å². The predicted octanol–water partition coefficient (Wildman–Crippen LogP) is 4.00. The zero-order valence-electron chi connectivity index (χ0n) is 21.8. The summed E-state index contributed by atoms with van der Waals surface area (Å²) in [4.78, 5) is 22.6. The lowest BCUT2D eigenvalue weighted by Gasteiger charge is -2.19. The van der Waals surface area contributed by atoms with Gasteiger partial charge in [-0.15, -0.1) is 0 Å². The van der Waals surface area contributed by atoms with E-state index in [1.807, 2.05) is 19.1 Å². The van der Waals surface area contributed by atoms with Crippen LogP contribution in [0, 0.1) is 17.1 Å². The summed E-state index contributed by atoms with van der Waals surface area (Å²) in [7, 11) is 2.98. The molecule has 1 amide bonds. The fourth-order valence-electron chi connectivity index (χ4n) is 4.51. The fraction of sp³-hybridized carbons (Fsp3) is 0.333. The van der Waals surface area contributed by atoms with Gasteiger partial charge in [0.2, 0.25) is 18.2 Å². The van der Waals surface area contributed by atoms with Crippen molar-refractivity contribution in [3.8, 4) is 34.8 Å². The molecule has 39 heavy (non-hydrogen) atoms. The van der Waals surface area contributed by atoms with Gasteiger partial charge in [-0.05, 0) is 37.0 Å². The molecule has 0 aliphatic heterocycles. The maximum absolute atomic E-state index is 15.2. The van der Waals surface area contributed by atoms with Crippen LogP contribution >= 0.6 is 0 Å². The lowest BCUT2D eigenvalue weighted by atomic mass is 10.1. The Kier molecular flexibility index (Phi) is 7.23. The summed E-state index contributed by atoms with van der Waals surface area (Å²) in [5.74, 6) is 0.981. The Balaban J connectivity index is 1.48. The van der Waals surface area contributed by atoms with Crippen LogP contribution in [-0.4, -0.2) is 50.2 Å². The molecule has 0 N–H and O–H groups in total. The number of anilines is 1. The maximum atomic E-state index is 15.2. The molecular weight excluding hydrogens is 503 g/mol. The van der Waals surface area contributed by atoms with Gasteiger partial charge in [0.25, 0.3) is 0 Å². The molecule has 11 nitrogen and oxygen atoms in total. The van der Waals surface area contributed by atoms with Gasteiger partial charge in [0, 0.05) is 24.6 Å². The SMILES string of the molecule is CCCn1nc(-c2c(OC)ncnc2C2CC2)cc1N(C=O)Cc1ccc(-n2nc(C#N)cc2OC)c(F)c1. The highest BCUT2D eigenvalue weighted by Crippen LogP contribution is 2.45. The predicted molar refractivity (Wildman–Crippen MR) is 139 cm³/mol. The number of halogens is 1. The second kappa shape index (κ2) is 10.9. The lowest BCUT2D eigenvalue weighted by Crippen LogP contribution is -2.24. The van der Waals surface area contributed by atoms with E-state index < -0.39 is 5.82 Å². The van der Waals surface area contributed by atoms with Crippen molar-refractivity contribution in [1.29, 1.82) is 5.26 Å². The van der Waals surface area contributed by atoms with Gasteiger partial charge in [-0.1, -0.05) is 13.0 Å². The summed E-state index contributed by atoms with van der Waals surface area (Å²) in [6.07, 6.45) is 5.07. The molecule has 3 heterocycles. The molecule has 1 aliphatic rings. The first-order chi connectivity index (χ1) is 19.0. The van der Waals surface area contributed by atoms with Gasteiger partial charge in [-0.25, -0.2) is 19.0 Å². The fourth-order valence-corrected chi connectivity index (χ4v) is 4.51. The third-order valence-electron chi connectivity index (χ3n) is 6.46. The molecule has 12 heteroatoms. The highest BCUT2D eigenvalue weighted by molar-refractivity contribution is 5.78. The van der Waals surface area contributed by atoms with E-state index in [9.17, 15) is 4.79 Å². The molecule has 200 valence electrons. The van der Waals surface area contributed by atoms with Crippen LogP contribution in [0.4, 0.5) is 10.2 Å². The standard InChI is InChI=1S/C27H27FN8O3/c1-4-9-35-23(12-21(33-35)25-26(18-6-7-18)30-15-31-27(25)39-3)34(16-37)14-17-5-8-22(20(28)10-17)36-24(38-2)11-19(13-29)32-36/h5,8,10-12,15-16,18H,4,6-7,9,14H2,1-3H3. The number of carbonyl (C=O) groups excluding carboxylic acids is 1. The molecule has 1 fully saturated rings. The van der Waals surface area contributed by atoms with Gasteiger partial charge in [-0.3, -0.25) is 9.69 Å². The van der Waals surface area contributed by atoms with E-state index in [4.69, 9.17) is 19.8 Å². The Bertz CT molecular complexity index is 1550. The highest BCUT2D eigenvalue weighted by atomic mass is 19.1. The summed E-state index contributed by atoms with van der Waals surface area (Å²) in [6.45, 7) is 2.70. The largest absolute Gasteiger partial charge is 0.481 e. The van der Waals surface area contributed by atoms with E-state index >= 15 is 4.39 Å². The monoisotopic (exact) mass is 530 g/mol. The van der Waals surface area contributed by atoms with Crippen molar-refractivity contribution in [2.75, 3.05) is 19.1 Å². The molecule has 3 aromatic heterocycles. The van der Waals surface area contributed by atoms with Crippen LogP contribution in [0.2, 0.25) is 0 Å². The molecule has 0 saturated heterocycles. The van der Waals surface area contributed by atoms with Crippen molar-refractivity contribution < 1.29 is 18.7 Å². The Morgan fingerprint density at radius 2 is 2.00 bits per heavy atom. The number of nitriles is 1. The van der Waals surface area contributed by atoms with Crippen molar-refractivity contribution in [2.45, 2.75) is 45.2 Å². The minimum Gasteiger partial charge on any atom is -0.481 e. The molecular formula is C27H27FN8O3. The van der Waals surface area contributed by atoms with Gasteiger partial charge in [0.05, 0.1) is 32.0 Å². The van der Waals surface area contributed by atoms with E-state index in [1.54, 1.807) is 17.9 Å². The third kappa shape index (κ3) is 5.03.